The number of anilines is 1. The quantitative estimate of drug-likeness (QED) is 0.818. The Labute approximate surface area is 131 Å². The first-order valence-electron chi connectivity index (χ1n) is 6.66. The predicted molar refractivity (Wildman–Crippen MR) is 85.8 cm³/mol. The Kier molecular flexibility index (Phi) is 7.99. The molecule has 0 spiro atoms. The number of hydrogen-bond donors (Lipinski definition) is 2. The van der Waals surface area contributed by atoms with Crippen LogP contribution in [0, 0.1) is 12.8 Å². The summed E-state index contributed by atoms with van der Waals surface area (Å²) >= 11 is 0. The van der Waals surface area contributed by atoms with E-state index in [-0.39, 0.29) is 24.2 Å². The van der Waals surface area contributed by atoms with Crippen LogP contribution in [0.25, 0.3) is 0 Å². The number of carbonyl (C=O) groups is 2. The monoisotopic (exact) mass is 314 g/mol. The second-order valence-electron chi connectivity index (χ2n) is 4.92. The van der Waals surface area contributed by atoms with E-state index >= 15 is 0 Å². The summed E-state index contributed by atoms with van der Waals surface area (Å²) in [5, 5.41) is 2.73. The number of benzene rings is 1. The van der Waals surface area contributed by atoms with Gasteiger partial charge in [0.2, 0.25) is 5.91 Å². The molecule has 5 nitrogen and oxygen atoms in total. The summed E-state index contributed by atoms with van der Waals surface area (Å²) in [4.78, 5) is 23.6. The molecule has 0 saturated heterocycles. The van der Waals surface area contributed by atoms with Gasteiger partial charge in [0.05, 0.1) is 18.7 Å². The average molecular weight is 315 g/mol. The highest BCUT2D eigenvalue weighted by Gasteiger charge is 2.20. The zero-order valence-corrected chi connectivity index (χ0v) is 13.6. The molecular weight excluding hydrogens is 292 g/mol. The van der Waals surface area contributed by atoms with Crippen LogP contribution in [-0.4, -0.2) is 25.0 Å². The highest BCUT2D eigenvalue weighted by molar-refractivity contribution is 5.97. The third kappa shape index (κ3) is 5.02. The van der Waals surface area contributed by atoms with Gasteiger partial charge in [0.15, 0.2) is 0 Å². The maximum absolute atomic E-state index is 12.0. The molecule has 1 aromatic rings. The summed E-state index contributed by atoms with van der Waals surface area (Å²) < 4.78 is 4.70. The Morgan fingerprint density at radius 2 is 2.00 bits per heavy atom. The summed E-state index contributed by atoms with van der Waals surface area (Å²) in [6.07, 6.45) is 0.829. The molecule has 2 unspecified atom stereocenters. The van der Waals surface area contributed by atoms with E-state index in [0.717, 1.165) is 12.0 Å². The molecule has 1 aromatic carbocycles. The number of amides is 1. The number of hydrogen-bond acceptors (Lipinski definition) is 4. The number of ether oxygens (including phenoxy) is 1. The SMILES string of the molecule is CCC(C)C(N)C(=O)Nc1ccc(C)c(C(=O)OC)c1.Cl. The summed E-state index contributed by atoms with van der Waals surface area (Å²) in [7, 11) is 1.33. The smallest absolute Gasteiger partial charge is 0.338 e. The number of methoxy groups -OCH3 is 1. The van der Waals surface area contributed by atoms with Crippen molar-refractivity contribution in [1.82, 2.24) is 0 Å². The van der Waals surface area contributed by atoms with Crippen LogP contribution in [0.1, 0.15) is 36.2 Å². The van der Waals surface area contributed by atoms with Gasteiger partial charge in [0.25, 0.3) is 0 Å². The largest absolute Gasteiger partial charge is 0.465 e. The van der Waals surface area contributed by atoms with Crippen LogP contribution in [0.5, 0.6) is 0 Å². The second-order valence-corrected chi connectivity index (χ2v) is 4.92. The number of esters is 1. The zero-order valence-electron chi connectivity index (χ0n) is 12.8. The van der Waals surface area contributed by atoms with E-state index < -0.39 is 12.0 Å². The predicted octanol–water partition coefficient (Wildman–Crippen LogP) is 2.52. The molecule has 0 saturated carbocycles. The van der Waals surface area contributed by atoms with Gasteiger partial charge in [-0.15, -0.1) is 12.4 Å². The fraction of sp³-hybridized carbons (Fsp3) is 0.467. The molecule has 0 bridgehead atoms. The van der Waals surface area contributed by atoms with E-state index in [2.05, 4.69) is 5.32 Å². The molecule has 21 heavy (non-hydrogen) atoms. The lowest BCUT2D eigenvalue weighted by atomic mass is 9.99. The van der Waals surface area contributed by atoms with E-state index in [1.165, 1.54) is 7.11 Å². The minimum absolute atomic E-state index is 0. The molecule has 118 valence electrons. The third-order valence-electron chi connectivity index (χ3n) is 3.47. The van der Waals surface area contributed by atoms with Gasteiger partial charge in [-0.1, -0.05) is 26.3 Å². The van der Waals surface area contributed by atoms with Crippen molar-refractivity contribution in [2.45, 2.75) is 33.2 Å². The molecule has 2 atom stereocenters. The van der Waals surface area contributed by atoms with Gasteiger partial charge >= 0.3 is 5.97 Å². The number of aryl methyl sites for hydroxylation is 1. The van der Waals surface area contributed by atoms with Crippen LogP contribution in [0.4, 0.5) is 5.69 Å². The van der Waals surface area contributed by atoms with Gasteiger partial charge in [0.1, 0.15) is 0 Å². The molecule has 0 aliphatic heterocycles. The maximum atomic E-state index is 12.0. The van der Waals surface area contributed by atoms with Gasteiger partial charge in [-0.05, 0) is 30.5 Å². The maximum Gasteiger partial charge on any atom is 0.338 e. The molecular formula is C15H23ClN2O3. The molecule has 1 amide bonds. The number of nitrogens with two attached hydrogens (primary N) is 1. The van der Waals surface area contributed by atoms with Crippen LogP contribution in [0.3, 0.4) is 0 Å². The average Bonchev–Trinajstić information content (AvgIpc) is 2.46. The molecule has 0 aliphatic rings. The van der Waals surface area contributed by atoms with Crippen LogP contribution in [-0.2, 0) is 9.53 Å². The Hall–Kier alpha value is -1.59. The summed E-state index contributed by atoms with van der Waals surface area (Å²) in [6.45, 7) is 5.72. The van der Waals surface area contributed by atoms with Crippen LogP contribution in [0.15, 0.2) is 18.2 Å². The van der Waals surface area contributed by atoms with Gasteiger partial charge < -0.3 is 15.8 Å². The topological polar surface area (TPSA) is 81.4 Å². The van der Waals surface area contributed by atoms with Crippen LogP contribution >= 0.6 is 12.4 Å². The Morgan fingerprint density at radius 3 is 2.52 bits per heavy atom. The molecule has 0 aromatic heterocycles. The summed E-state index contributed by atoms with van der Waals surface area (Å²) in [6, 6.07) is 4.53. The molecule has 6 heteroatoms. The number of carbonyl (C=O) groups excluding carboxylic acids is 2. The molecule has 0 aliphatic carbocycles. The third-order valence-corrected chi connectivity index (χ3v) is 3.47. The minimum Gasteiger partial charge on any atom is -0.465 e. The highest BCUT2D eigenvalue weighted by Crippen LogP contribution is 2.17. The Balaban J connectivity index is 0.00000400. The van der Waals surface area contributed by atoms with Crippen LogP contribution in [0.2, 0.25) is 0 Å². The van der Waals surface area contributed by atoms with Gasteiger partial charge in [-0.25, -0.2) is 4.79 Å². The highest BCUT2D eigenvalue weighted by atomic mass is 35.5. The first-order chi connectivity index (χ1) is 9.40. The van der Waals surface area contributed by atoms with E-state index in [4.69, 9.17) is 10.5 Å². The lowest BCUT2D eigenvalue weighted by Crippen LogP contribution is -2.40. The second kappa shape index (κ2) is 8.64. The van der Waals surface area contributed by atoms with Crippen molar-refractivity contribution < 1.29 is 14.3 Å². The van der Waals surface area contributed by atoms with Crippen molar-refractivity contribution in [3.63, 3.8) is 0 Å². The standard InChI is InChI=1S/C15H22N2O3.ClH/c1-5-9(2)13(16)14(18)17-11-7-6-10(3)12(8-11)15(19)20-4;/h6-9,13H,5,16H2,1-4H3,(H,17,18);1H. The van der Waals surface area contributed by atoms with Gasteiger partial charge in [-0.2, -0.15) is 0 Å². The number of halogens is 1. The van der Waals surface area contributed by atoms with Crippen molar-refractivity contribution in [1.29, 1.82) is 0 Å². The van der Waals surface area contributed by atoms with Crippen LogP contribution < -0.4 is 11.1 Å². The number of rotatable bonds is 5. The van der Waals surface area contributed by atoms with Crippen molar-refractivity contribution in [2.75, 3.05) is 12.4 Å². The van der Waals surface area contributed by atoms with Gasteiger partial charge in [0, 0.05) is 5.69 Å². The van der Waals surface area contributed by atoms with Crippen molar-refractivity contribution >= 4 is 30.0 Å². The minimum atomic E-state index is -0.567. The molecule has 1 rings (SSSR count). The van der Waals surface area contributed by atoms with Crippen molar-refractivity contribution in [2.24, 2.45) is 11.7 Å². The fourth-order valence-corrected chi connectivity index (χ4v) is 1.77. The van der Waals surface area contributed by atoms with Crippen molar-refractivity contribution in [3.05, 3.63) is 29.3 Å². The Morgan fingerprint density at radius 1 is 1.38 bits per heavy atom. The van der Waals surface area contributed by atoms with E-state index in [9.17, 15) is 9.59 Å². The lowest BCUT2D eigenvalue weighted by Gasteiger charge is -2.18. The summed E-state index contributed by atoms with van der Waals surface area (Å²) in [5.41, 5.74) is 7.64. The zero-order chi connectivity index (χ0) is 15.3. The van der Waals surface area contributed by atoms with E-state index in [1.54, 1.807) is 18.2 Å². The molecule has 0 radical (unpaired) electrons. The first kappa shape index (κ1) is 19.4. The first-order valence-corrected chi connectivity index (χ1v) is 6.66. The fourth-order valence-electron chi connectivity index (χ4n) is 1.77. The lowest BCUT2D eigenvalue weighted by molar-refractivity contribution is -0.118. The van der Waals surface area contributed by atoms with Crippen molar-refractivity contribution in [3.8, 4) is 0 Å². The van der Waals surface area contributed by atoms with Gasteiger partial charge in [-0.3, -0.25) is 4.79 Å². The number of nitrogens with one attached hydrogen (secondary N) is 1. The van der Waals surface area contributed by atoms with E-state index in [0.29, 0.717) is 11.3 Å². The Bertz CT molecular complexity index is 506. The molecule has 0 heterocycles. The molecule has 3 N–H and O–H groups in total. The molecule has 0 fully saturated rings. The van der Waals surface area contributed by atoms with E-state index in [1.807, 2.05) is 20.8 Å². The normalized spacial score (nSPS) is 12.8. The summed E-state index contributed by atoms with van der Waals surface area (Å²) in [5.74, 6) is -0.579.